The van der Waals surface area contributed by atoms with Crippen LogP contribution in [0.1, 0.15) is 9.81 Å². The molecular weight excluding hydrogens is 204 g/mol. The normalized spacial score (nSPS) is 14.7. The van der Waals surface area contributed by atoms with E-state index >= 15 is 0 Å². The van der Waals surface area contributed by atoms with Gasteiger partial charge in [-0.1, -0.05) is 17.4 Å². The fraction of sp³-hybridized carbons (Fsp3) is 0.167. The molecule has 0 bridgehead atoms. The van der Waals surface area contributed by atoms with Crippen LogP contribution in [-0.4, -0.2) is 29.4 Å². The van der Waals surface area contributed by atoms with Crippen molar-refractivity contribution in [3.8, 4) is 0 Å². The molecule has 0 aromatic carbocycles. The molecule has 0 aliphatic heterocycles. The van der Waals surface area contributed by atoms with Crippen LogP contribution in [0.2, 0.25) is 0 Å². The molecule has 0 radical (unpaired) electrons. The van der Waals surface area contributed by atoms with Crippen LogP contribution in [0.3, 0.4) is 0 Å². The number of imidazole rings is 1. The van der Waals surface area contributed by atoms with Crippen molar-refractivity contribution in [3.63, 3.8) is 0 Å². The summed E-state index contributed by atoms with van der Waals surface area (Å²) in [6.45, 7) is -2.70. The Hall–Kier alpha value is -1.83. The van der Waals surface area contributed by atoms with Gasteiger partial charge in [0.2, 0.25) is 0 Å². The van der Waals surface area contributed by atoms with Crippen molar-refractivity contribution >= 4 is 22.9 Å². The molecule has 72 valence electrons. The Morgan fingerprint density at radius 3 is 3.21 bits per heavy atom. The molecule has 8 heteroatoms. The number of hydrogen-bond acceptors (Lipinski definition) is 5. The van der Waals surface area contributed by atoms with Crippen molar-refractivity contribution in [1.29, 1.82) is 0 Å². The zero-order chi connectivity index (χ0) is 12.8. The summed E-state index contributed by atoms with van der Waals surface area (Å²) < 4.78 is 22.5. The lowest BCUT2D eigenvalue weighted by molar-refractivity contribution is 0.607. The third-order valence-electron chi connectivity index (χ3n) is 1.59. The number of fused-ring (bicyclic) bond motifs is 1. The van der Waals surface area contributed by atoms with Crippen LogP contribution in [0.5, 0.6) is 0 Å². The highest BCUT2D eigenvalue weighted by molar-refractivity contribution is 7.80. The van der Waals surface area contributed by atoms with E-state index in [1.165, 1.54) is 0 Å². The van der Waals surface area contributed by atoms with E-state index in [0.29, 0.717) is 0 Å². The van der Waals surface area contributed by atoms with Crippen molar-refractivity contribution in [3.05, 3.63) is 22.5 Å². The summed E-state index contributed by atoms with van der Waals surface area (Å²) in [5.74, 6) is 0. The minimum Gasteiger partial charge on any atom is -0.388 e. The molecule has 2 heterocycles. The van der Waals surface area contributed by atoms with Gasteiger partial charge in [-0.15, -0.1) is 5.10 Å². The summed E-state index contributed by atoms with van der Waals surface area (Å²) in [6, 6.07) is 0. The second kappa shape index (κ2) is 2.84. The number of rotatable bonds is 1. The van der Waals surface area contributed by atoms with E-state index < -0.39 is 12.7 Å². The van der Waals surface area contributed by atoms with Crippen molar-refractivity contribution < 1.29 is 4.11 Å². The maximum atomic E-state index is 11.8. The highest BCUT2D eigenvalue weighted by atomic mass is 32.1. The third-order valence-corrected chi connectivity index (χ3v) is 1.79. The molecule has 0 atom stereocenters. The topological polar surface area (TPSA) is 91.1 Å². The Labute approximate surface area is 87.4 Å². The average molecular weight is 213 g/mol. The van der Waals surface area contributed by atoms with Crippen molar-refractivity contribution in [2.24, 2.45) is 12.7 Å². The van der Waals surface area contributed by atoms with Crippen molar-refractivity contribution in [2.75, 3.05) is 0 Å². The highest BCUT2D eigenvalue weighted by Gasteiger charge is 2.11. The molecular formula is C6H6N6OS. The zero-order valence-electron chi connectivity index (χ0n) is 9.71. The van der Waals surface area contributed by atoms with Gasteiger partial charge in [-0.3, -0.25) is 0 Å². The molecule has 0 fully saturated rings. The smallest absolute Gasteiger partial charge is 0.352 e. The van der Waals surface area contributed by atoms with Gasteiger partial charge in [0.15, 0.2) is 5.65 Å². The van der Waals surface area contributed by atoms with E-state index in [2.05, 4.69) is 15.3 Å². The highest BCUT2D eigenvalue weighted by Crippen LogP contribution is 2.01. The quantitative estimate of drug-likeness (QED) is 0.577. The largest absolute Gasteiger partial charge is 0.388 e. The number of aromatic nitrogens is 5. The summed E-state index contributed by atoms with van der Waals surface area (Å²) in [7, 11) is 0. The number of thiocarbonyl (C=S) groups is 1. The molecule has 0 amide bonds. The van der Waals surface area contributed by atoms with Crippen LogP contribution in [0, 0.1) is 0 Å². The number of aryl methyl sites for hydroxylation is 1. The molecule has 7 nitrogen and oxygen atoms in total. The maximum Gasteiger partial charge on any atom is 0.352 e. The lowest BCUT2D eigenvalue weighted by Crippen LogP contribution is -2.27. The van der Waals surface area contributed by atoms with Crippen LogP contribution in [-0.2, 0) is 6.98 Å². The lowest BCUT2D eigenvalue weighted by atomic mass is 10.4. The molecule has 0 aliphatic rings. The van der Waals surface area contributed by atoms with Crippen LogP contribution in [0.4, 0.5) is 0 Å². The Bertz CT molecular complexity index is 658. The minimum absolute atomic E-state index is 0.0306. The first-order valence-electron chi connectivity index (χ1n) is 4.95. The van der Waals surface area contributed by atoms with Crippen LogP contribution in [0.15, 0.2) is 11.1 Å². The first-order chi connectivity index (χ1) is 7.82. The Kier molecular flexibility index (Phi) is 1.18. The van der Waals surface area contributed by atoms with Gasteiger partial charge in [0.05, 0.1) is 0 Å². The molecule has 2 aromatic rings. The second-order valence-corrected chi connectivity index (χ2v) is 2.87. The summed E-state index contributed by atoms with van der Waals surface area (Å²) in [5, 5.41) is 6.88. The van der Waals surface area contributed by atoms with Gasteiger partial charge in [-0.05, 0) is 0 Å². The van der Waals surface area contributed by atoms with Crippen LogP contribution in [0.25, 0.3) is 5.65 Å². The molecule has 14 heavy (non-hydrogen) atoms. The van der Waals surface area contributed by atoms with Crippen LogP contribution < -0.4 is 11.4 Å². The van der Waals surface area contributed by atoms with Gasteiger partial charge in [-0.2, -0.15) is 4.68 Å². The lowest BCUT2D eigenvalue weighted by Gasteiger charge is -1.95. The van der Waals surface area contributed by atoms with E-state index in [4.69, 9.17) is 22.1 Å². The molecule has 0 saturated heterocycles. The Morgan fingerprint density at radius 2 is 2.57 bits per heavy atom. The second-order valence-electron chi connectivity index (χ2n) is 2.43. The van der Waals surface area contributed by atoms with Gasteiger partial charge >= 0.3 is 5.69 Å². The van der Waals surface area contributed by atoms with Gasteiger partial charge in [0.1, 0.15) is 17.0 Å². The van der Waals surface area contributed by atoms with Gasteiger partial charge < -0.3 is 5.73 Å². The molecule has 0 aliphatic carbocycles. The summed E-state index contributed by atoms with van der Waals surface area (Å²) in [5.41, 5.74) is 4.64. The first-order valence-corrected chi connectivity index (χ1v) is 3.86. The van der Waals surface area contributed by atoms with Crippen LogP contribution >= 0.6 is 12.2 Å². The molecule has 0 saturated carbocycles. The number of nitrogens with two attached hydrogens (primary N) is 1. The molecule has 2 aromatic heterocycles. The van der Waals surface area contributed by atoms with Crippen molar-refractivity contribution in [1.82, 2.24) is 24.4 Å². The standard InChI is InChI=1S/C6H6N6OS/c1-11-6(13)12-2-8-3(4(7)14)5(12)9-10-11/h2H,1H3,(H2,7,14)/i1D3. The fourth-order valence-corrected chi connectivity index (χ4v) is 1.12. The predicted octanol–water partition coefficient (Wildman–Crippen LogP) is -1.54. The van der Waals surface area contributed by atoms with Gasteiger partial charge in [0.25, 0.3) is 0 Å². The summed E-state index contributed by atoms with van der Waals surface area (Å²) in [4.78, 5) is 15.5. The predicted molar refractivity (Wildman–Crippen MR) is 51.9 cm³/mol. The van der Waals surface area contributed by atoms with E-state index in [1.807, 2.05) is 0 Å². The van der Waals surface area contributed by atoms with E-state index in [1.54, 1.807) is 0 Å². The van der Waals surface area contributed by atoms with E-state index in [-0.39, 0.29) is 21.0 Å². The number of nitrogens with zero attached hydrogens (tertiary/aromatic N) is 5. The molecule has 2 N–H and O–H groups in total. The molecule has 0 spiro atoms. The molecule has 2 rings (SSSR count). The van der Waals surface area contributed by atoms with Gasteiger partial charge in [-0.25, -0.2) is 14.2 Å². The Balaban J connectivity index is 2.80. The summed E-state index contributed by atoms with van der Waals surface area (Å²) >= 11 is 4.71. The van der Waals surface area contributed by atoms with Crippen molar-refractivity contribution in [2.45, 2.75) is 0 Å². The molecule has 0 unspecified atom stereocenters. The average Bonchev–Trinajstić information content (AvgIpc) is 2.60. The van der Waals surface area contributed by atoms with E-state index in [0.717, 1.165) is 10.7 Å². The minimum atomic E-state index is -2.70. The summed E-state index contributed by atoms with van der Waals surface area (Å²) in [6.07, 6.45) is 1.10. The fourth-order valence-electron chi connectivity index (χ4n) is 0.979. The first kappa shape index (κ1) is 5.81. The number of hydrogen-bond donors (Lipinski definition) is 1. The van der Waals surface area contributed by atoms with Gasteiger partial charge in [0, 0.05) is 11.1 Å². The maximum absolute atomic E-state index is 11.8. The third kappa shape index (κ3) is 1.08. The van der Waals surface area contributed by atoms with E-state index in [9.17, 15) is 4.79 Å². The SMILES string of the molecule is [2H]C([2H])([2H])n1nnc2c(C(N)=S)ncn2c1=O. The Morgan fingerprint density at radius 1 is 1.79 bits per heavy atom. The monoisotopic (exact) mass is 213 g/mol. The zero-order valence-corrected chi connectivity index (χ0v) is 7.52.